The zero-order valence-corrected chi connectivity index (χ0v) is 12.0. The van der Waals surface area contributed by atoms with E-state index in [0.717, 1.165) is 0 Å². The Morgan fingerprint density at radius 1 is 1.37 bits per heavy atom. The third kappa shape index (κ3) is 4.80. The van der Waals surface area contributed by atoms with Crippen molar-refractivity contribution in [3.63, 3.8) is 0 Å². The van der Waals surface area contributed by atoms with Gasteiger partial charge in [0.1, 0.15) is 0 Å². The van der Waals surface area contributed by atoms with Crippen LogP contribution in [0.15, 0.2) is 29.2 Å². The second kappa shape index (κ2) is 6.86. The average Bonchev–Trinajstić information content (AvgIpc) is 2.30. The second-order valence-electron chi connectivity index (χ2n) is 4.48. The molecule has 0 spiro atoms. The summed E-state index contributed by atoms with van der Waals surface area (Å²) in [5.41, 5.74) is -0.346. The third-order valence-electron chi connectivity index (χ3n) is 2.54. The largest absolute Gasteiger partial charge is 0.323 e. The minimum atomic E-state index is -2.51. The molecule has 19 heavy (non-hydrogen) atoms. The Hall–Kier alpha value is -1.14. The zero-order chi connectivity index (χ0) is 14.5. The van der Waals surface area contributed by atoms with E-state index in [0.29, 0.717) is 28.9 Å². The van der Waals surface area contributed by atoms with E-state index in [1.807, 2.05) is 6.92 Å². The number of likely N-dealkylation sites (N-methyl/N-ethyl adjacent to an activating group) is 1. The van der Waals surface area contributed by atoms with Gasteiger partial charge < -0.3 is 10.6 Å². The van der Waals surface area contributed by atoms with E-state index in [2.05, 4.69) is 10.6 Å². The fraction of sp³-hybridized carbons (Fsp3) is 0.462. The van der Waals surface area contributed by atoms with E-state index in [1.54, 1.807) is 38.1 Å². The summed E-state index contributed by atoms with van der Waals surface area (Å²) in [5.74, 6) is -2.77. The Labute approximate surface area is 116 Å². The molecule has 3 nitrogen and oxygen atoms in total. The van der Waals surface area contributed by atoms with Gasteiger partial charge in [-0.1, -0.05) is 30.8 Å². The van der Waals surface area contributed by atoms with Gasteiger partial charge in [-0.05, 0) is 32.5 Å². The van der Waals surface area contributed by atoms with Crippen molar-refractivity contribution in [2.24, 2.45) is 0 Å². The summed E-state index contributed by atoms with van der Waals surface area (Å²) in [6.07, 6.45) is 0. The monoisotopic (exact) mass is 288 g/mol. The fourth-order valence-electron chi connectivity index (χ4n) is 1.57. The number of anilines is 1. The van der Waals surface area contributed by atoms with Gasteiger partial charge in [-0.3, -0.25) is 4.79 Å². The van der Waals surface area contributed by atoms with Crippen LogP contribution >= 0.6 is 11.8 Å². The predicted octanol–water partition coefficient (Wildman–Crippen LogP) is 3.33. The van der Waals surface area contributed by atoms with Crippen molar-refractivity contribution in [2.75, 3.05) is 11.9 Å². The molecule has 0 unspecified atom stereocenters. The Bertz CT molecular complexity index is 438. The smallest absolute Gasteiger partial charge is 0.288 e. The Kier molecular flexibility index (Phi) is 5.75. The zero-order valence-electron chi connectivity index (χ0n) is 11.2. The summed E-state index contributed by atoms with van der Waals surface area (Å²) in [6.45, 7) is 6.03. The number of thioether (sulfide) groups is 1. The van der Waals surface area contributed by atoms with Crippen molar-refractivity contribution >= 4 is 23.4 Å². The molecule has 0 atom stereocenters. The molecule has 0 radical (unpaired) electrons. The number of alkyl halides is 2. The molecular formula is C13H18F2N2OS. The van der Waals surface area contributed by atoms with E-state index in [9.17, 15) is 13.6 Å². The van der Waals surface area contributed by atoms with Gasteiger partial charge >= 0.3 is 0 Å². The maximum atomic E-state index is 12.4. The van der Waals surface area contributed by atoms with Crippen LogP contribution in [0.3, 0.4) is 0 Å². The molecule has 2 N–H and O–H groups in total. The number of carbonyl (C=O) groups excluding carboxylic acids is 1. The fourth-order valence-corrected chi connectivity index (χ4v) is 2.16. The summed E-state index contributed by atoms with van der Waals surface area (Å²) in [7, 11) is 0. The standard InChI is InChI=1S/C13H18F2N2OS/c1-4-16-13(2,3)11(18)17-9-7-5-6-8-10(9)19-12(14)15/h5-8,12,16H,4H2,1-3H3,(H,17,18). The third-order valence-corrected chi connectivity index (χ3v) is 3.33. The van der Waals surface area contributed by atoms with Crippen LogP contribution in [0.2, 0.25) is 0 Å². The quantitative estimate of drug-likeness (QED) is 0.789. The first-order chi connectivity index (χ1) is 8.86. The lowest BCUT2D eigenvalue weighted by atomic mass is 10.0. The van der Waals surface area contributed by atoms with E-state index >= 15 is 0 Å². The van der Waals surface area contributed by atoms with Gasteiger partial charge in [-0.15, -0.1) is 0 Å². The van der Waals surface area contributed by atoms with E-state index < -0.39 is 11.3 Å². The van der Waals surface area contributed by atoms with Crippen LogP contribution in [0, 0.1) is 0 Å². The Balaban J connectivity index is 2.84. The van der Waals surface area contributed by atoms with Gasteiger partial charge in [0.05, 0.1) is 11.2 Å². The number of hydrogen-bond acceptors (Lipinski definition) is 3. The molecule has 6 heteroatoms. The van der Waals surface area contributed by atoms with Gasteiger partial charge in [0, 0.05) is 4.90 Å². The van der Waals surface area contributed by atoms with Crippen LogP contribution in [0.25, 0.3) is 0 Å². The van der Waals surface area contributed by atoms with Crippen molar-refractivity contribution < 1.29 is 13.6 Å². The molecule has 0 aliphatic heterocycles. The summed E-state index contributed by atoms with van der Waals surface area (Å²) >= 11 is 0.423. The average molecular weight is 288 g/mol. The lowest BCUT2D eigenvalue weighted by molar-refractivity contribution is -0.121. The highest BCUT2D eigenvalue weighted by atomic mass is 32.2. The summed E-state index contributed by atoms with van der Waals surface area (Å²) < 4.78 is 24.9. The lowest BCUT2D eigenvalue weighted by Gasteiger charge is -2.25. The number of hydrogen-bond donors (Lipinski definition) is 2. The van der Waals surface area contributed by atoms with Crippen molar-refractivity contribution in [1.29, 1.82) is 0 Å². The van der Waals surface area contributed by atoms with Gasteiger partial charge in [0.15, 0.2) is 0 Å². The van der Waals surface area contributed by atoms with Gasteiger partial charge in [0.2, 0.25) is 5.91 Å². The van der Waals surface area contributed by atoms with Crippen molar-refractivity contribution in [3.8, 4) is 0 Å². The highest BCUT2D eigenvalue weighted by molar-refractivity contribution is 7.99. The first kappa shape index (κ1) is 15.9. The molecule has 1 amide bonds. The van der Waals surface area contributed by atoms with Gasteiger partial charge in [-0.2, -0.15) is 8.78 Å². The van der Waals surface area contributed by atoms with Crippen LogP contribution in [-0.2, 0) is 4.79 Å². The Morgan fingerprint density at radius 3 is 2.58 bits per heavy atom. The van der Waals surface area contributed by atoms with Crippen LogP contribution in [0.5, 0.6) is 0 Å². The number of benzene rings is 1. The van der Waals surface area contributed by atoms with Crippen molar-refractivity contribution in [3.05, 3.63) is 24.3 Å². The molecule has 1 rings (SSSR count). The topological polar surface area (TPSA) is 41.1 Å². The predicted molar refractivity (Wildman–Crippen MR) is 74.7 cm³/mol. The molecule has 0 heterocycles. The van der Waals surface area contributed by atoms with Crippen LogP contribution in [-0.4, -0.2) is 23.7 Å². The molecule has 0 aliphatic rings. The number of rotatable bonds is 6. The van der Waals surface area contributed by atoms with Crippen LogP contribution in [0.4, 0.5) is 14.5 Å². The van der Waals surface area contributed by atoms with Crippen LogP contribution in [0.1, 0.15) is 20.8 Å². The maximum Gasteiger partial charge on any atom is 0.288 e. The lowest BCUT2D eigenvalue weighted by Crippen LogP contribution is -2.49. The van der Waals surface area contributed by atoms with Crippen molar-refractivity contribution in [1.82, 2.24) is 5.32 Å². The molecule has 106 valence electrons. The normalized spacial score (nSPS) is 11.7. The Morgan fingerprint density at radius 2 is 2.00 bits per heavy atom. The molecule has 0 saturated heterocycles. The minimum absolute atomic E-state index is 0.253. The molecule has 0 bridgehead atoms. The van der Waals surface area contributed by atoms with E-state index in [4.69, 9.17) is 0 Å². The van der Waals surface area contributed by atoms with Crippen LogP contribution < -0.4 is 10.6 Å². The van der Waals surface area contributed by atoms with Gasteiger partial charge in [-0.25, -0.2) is 0 Å². The van der Waals surface area contributed by atoms with E-state index in [1.165, 1.54) is 0 Å². The second-order valence-corrected chi connectivity index (χ2v) is 5.52. The molecular weight excluding hydrogens is 270 g/mol. The first-order valence-corrected chi connectivity index (χ1v) is 6.85. The number of halogens is 2. The molecule has 1 aromatic rings. The summed E-state index contributed by atoms with van der Waals surface area (Å²) in [6, 6.07) is 6.54. The summed E-state index contributed by atoms with van der Waals surface area (Å²) in [4.78, 5) is 12.5. The molecule has 0 aromatic heterocycles. The highest BCUT2D eigenvalue weighted by Crippen LogP contribution is 2.31. The number of amides is 1. The van der Waals surface area contributed by atoms with Crippen molar-refractivity contribution in [2.45, 2.75) is 37.0 Å². The molecule has 0 aliphatic carbocycles. The number of para-hydroxylation sites is 1. The maximum absolute atomic E-state index is 12.4. The molecule has 0 fully saturated rings. The molecule has 0 saturated carbocycles. The minimum Gasteiger partial charge on any atom is -0.323 e. The number of carbonyl (C=O) groups is 1. The highest BCUT2D eigenvalue weighted by Gasteiger charge is 2.26. The number of nitrogens with one attached hydrogen (secondary N) is 2. The SMILES string of the molecule is CCNC(C)(C)C(=O)Nc1ccccc1SC(F)F. The summed E-state index contributed by atoms with van der Waals surface area (Å²) in [5, 5.41) is 5.72. The van der Waals surface area contributed by atoms with Gasteiger partial charge in [0.25, 0.3) is 5.76 Å². The van der Waals surface area contributed by atoms with E-state index in [-0.39, 0.29) is 5.91 Å². The molecule has 1 aromatic carbocycles. The first-order valence-electron chi connectivity index (χ1n) is 5.97.